The summed E-state index contributed by atoms with van der Waals surface area (Å²) in [7, 11) is 3.64. The molecule has 5 heteroatoms. The fourth-order valence-corrected chi connectivity index (χ4v) is 2.27. The first-order valence-corrected chi connectivity index (χ1v) is 6.80. The van der Waals surface area contributed by atoms with E-state index >= 15 is 0 Å². The maximum atomic E-state index is 5.41. The highest BCUT2D eigenvalue weighted by atomic mass is 16.5. The van der Waals surface area contributed by atoms with Crippen LogP contribution in [0.4, 0.5) is 0 Å². The van der Waals surface area contributed by atoms with Gasteiger partial charge in [-0.1, -0.05) is 0 Å². The molecule has 2 heterocycles. The lowest BCUT2D eigenvalue weighted by atomic mass is 10.1. The van der Waals surface area contributed by atoms with Gasteiger partial charge in [0.2, 0.25) is 0 Å². The highest BCUT2D eigenvalue weighted by Gasteiger charge is 2.08. The normalized spacial score (nSPS) is 10.8. The zero-order chi connectivity index (χ0) is 14.5. The Hall–Kier alpha value is -1.88. The predicted octanol–water partition coefficient (Wildman–Crippen LogP) is 1.77. The maximum Gasteiger partial charge on any atom is 0.128 e. The molecule has 20 heavy (non-hydrogen) atoms. The van der Waals surface area contributed by atoms with E-state index in [2.05, 4.69) is 22.3 Å². The van der Waals surface area contributed by atoms with Crippen molar-refractivity contribution in [3.05, 3.63) is 41.0 Å². The average Bonchev–Trinajstić information content (AvgIpc) is 2.83. The van der Waals surface area contributed by atoms with Crippen LogP contribution >= 0.6 is 0 Å². The first-order valence-electron chi connectivity index (χ1n) is 6.80. The molecule has 2 aromatic heterocycles. The number of hydrogen-bond donors (Lipinski definition) is 1. The standard InChI is InChI=1S/C15H22N4O/c1-11-9-17-14(12(2)15(11)20-4)10-16-7-5-13-6-8-19(3)18-13/h6,8-9,16H,5,7,10H2,1-4H3. The van der Waals surface area contributed by atoms with Crippen molar-refractivity contribution in [3.8, 4) is 5.75 Å². The van der Waals surface area contributed by atoms with Crippen molar-refractivity contribution in [2.45, 2.75) is 26.8 Å². The second-order valence-electron chi connectivity index (χ2n) is 4.95. The molecule has 0 aliphatic heterocycles. The van der Waals surface area contributed by atoms with Crippen molar-refractivity contribution in [2.24, 2.45) is 7.05 Å². The molecule has 2 rings (SSSR count). The van der Waals surface area contributed by atoms with Gasteiger partial charge in [0.15, 0.2) is 0 Å². The second kappa shape index (κ2) is 6.52. The Morgan fingerprint density at radius 3 is 2.80 bits per heavy atom. The summed E-state index contributed by atoms with van der Waals surface area (Å²) in [5, 5.41) is 7.76. The molecule has 108 valence electrons. The van der Waals surface area contributed by atoms with Crippen LogP contribution in [0.2, 0.25) is 0 Å². The Bertz CT molecular complexity index is 577. The van der Waals surface area contributed by atoms with Gasteiger partial charge >= 0.3 is 0 Å². The van der Waals surface area contributed by atoms with Crippen molar-refractivity contribution >= 4 is 0 Å². The van der Waals surface area contributed by atoms with Crippen LogP contribution in [0, 0.1) is 13.8 Å². The Kier molecular flexibility index (Phi) is 4.74. The molecule has 0 radical (unpaired) electrons. The molecule has 0 saturated heterocycles. The summed E-state index contributed by atoms with van der Waals surface area (Å²) in [5.74, 6) is 0.932. The number of aromatic nitrogens is 3. The quantitative estimate of drug-likeness (QED) is 0.816. The van der Waals surface area contributed by atoms with E-state index in [1.807, 2.05) is 37.1 Å². The van der Waals surface area contributed by atoms with Crippen LogP contribution in [-0.4, -0.2) is 28.4 Å². The van der Waals surface area contributed by atoms with E-state index in [4.69, 9.17) is 4.74 Å². The van der Waals surface area contributed by atoms with E-state index in [1.165, 1.54) is 0 Å². The molecule has 1 N–H and O–H groups in total. The van der Waals surface area contributed by atoms with Crippen LogP contribution in [0.1, 0.15) is 22.5 Å². The molecular weight excluding hydrogens is 252 g/mol. The Morgan fingerprint density at radius 1 is 1.35 bits per heavy atom. The minimum absolute atomic E-state index is 0.745. The summed E-state index contributed by atoms with van der Waals surface area (Å²) in [6.45, 7) is 5.69. The summed E-state index contributed by atoms with van der Waals surface area (Å²) in [6, 6.07) is 2.04. The molecule has 0 aromatic carbocycles. The van der Waals surface area contributed by atoms with Crippen molar-refractivity contribution in [1.82, 2.24) is 20.1 Å². The molecule has 5 nitrogen and oxygen atoms in total. The first-order chi connectivity index (χ1) is 9.61. The first kappa shape index (κ1) is 14.5. The molecule has 2 aromatic rings. The van der Waals surface area contributed by atoms with E-state index in [1.54, 1.807) is 7.11 Å². The van der Waals surface area contributed by atoms with Gasteiger partial charge in [-0.05, 0) is 19.9 Å². The van der Waals surface area contributed by atoms with E-state index < -0.39 is 0 Å². The topological polar surface area (TPSA) is 52.0 Å². The second-order valence-corrected chi connectivity index (χ2v) is 4.95. The molecule has 0 fully saturated rings. The van der Waals surface area contributed by atoms with Crippen molar-refractivity contribution in [2.75, 3.05) is 13.7 Å². The highest BCUT2D eigenvalue weighted by molar-refractivity contribution is 5.40. The molecule has 0 amide bonds. The minimum atomic E-state index is 0.745. The van der Waals surface area contributed by atoms with Gasteiger partial charge in [0.05, 0.1) is 18.5 Å². The zero-order valence-corrected chi connectivity index (χ0v) is 12.6. The van der Waals surface area contributed by atoms with Crippen LogP contribution in [0.5, 0.6) is 5.75 Å². The lowest BCUT2D eigenvalue weighted by Gasteiger charge is -2.12. The van der Waals surface area contributed by atoms with Crippen LogP contribution < -0.4 is 10.1 Å². The predicted molar refractivity (Wildman–Crippen MR) is 78.9 cm³/mol. The van der Waals surface area contributed by atoms with Crippen molar-refractivity contribution < 1.29 is 4.74 Å². The molecule has 0 unspecified atom stereocenters. The number of rotatable bonds is 6. The largest absolute Gasteiger partial charge is 0.496 e. The van der Waals surface area contributed by atoms with Gasteiger partial charge in [-0.25, -0.2) is 0 Å². The average molecular weight is 274 g/mol. The molecule has 0 aliphatic carbocycles. The summed E-state index contributed by atoms with van der Waals surface area (Å²) in [6.07, 6.45) is 4.75. The highest BCUT2D eigenvalue weighted by Crippen LogP contribution is 2.23. The molecule has 0 spiro atoms. The fourth-order valence-electron chi connectivity index (χ4n) is 2.27. The molecule has 0 aliphatic rings. The molecule has 0 saturated carbocycles. The van der Waals surface area contributed by atoms with Gasteiger partial charge in [-0.3, -0.25) is 9.67 Å². The van der Waals surface area contributed by atoms with E-state index in [-0.39, 0.29) is 0 Å². The number of nitrogens with one attached hydrogen (secondary N) is 1. The third-order valence-electron chi connectivity index (χ3n) is 3.37. The summed E-state index contributed by atoms with van der Waals surface area (Å²) in [4.78, 5) is 4.47. The van der Waals surface area contributed by atoms with E-state index in [0.717, 1.165) is 47.8 Å². The Morgan fingerprint density at radius 2 is 2.15 bits per heavy atom. The lowest BCUT2D eigenvalue weighted by molar-refractivity contribution is 0.406. The number of hydrogen-bond acceptors (Lipinski definition) is 4. The summed E-state index contributed by atoms with van der Waals surface area (Å²) >= 11 is 0. The summed E-state index contributed by atoms with van der Waals surface area (Å²) < 4.78 is 7.24. The third kappa shape index (κ3) is 3.36. The van der Waals surface area contributed by atoms with Crippen LogP contribution in [-0.2, 0) is 20.0 Å². The number of methoxy groups -OCH3 is 1. The van der Waals surface area contributed by atoms with Gasteiger partial charge in [-0.15, -0.1) is 0 Å². The van der Waals surface area contributed by atoms with Crippen molar-refractivity contribution in [1.29, 1.82) is 0 Å². The van der Waals surface area contributed by atoms with Gasteiger partial charge in [0.25, 0.3) is 0 Å². The third-order valence-corrected chi connectivity index (χ3v) is 3.37. The molecule has 0 bridgehead atoms. The molecular formula is C15H22N4O. The van der Waals surface area contributed by atoms with E-state index in [0.29, 0.717) is 0 Å². The van der Waals surface area contributed by atoms with Gasteiger partial charge in [0, 0.05) is 50.1 Å². The number of pyridine rings is 1. The van der Waals surface area contributed by atoms with Gasteiger partial charge in [-0.2, -0.15) is 5.10 Å². The number of nitrogens with zero attached hydrogens (tertiary/aromatic N) is 3. The van der Waals surface area contributed by atoms with Crippen LogP contribution in [0.3, 0.4) is 0 Å². The SMILES string of the molecule is COc1c(C)cnc(CNCCc2ccn(C)n2)c1C. The number of ether oxygens (including phenoxy) is 1. The lowest BCUT2D eigenvalue weighted by Crippen LogP contribution is -2.18. The smallest absolute Gasteiger partial charge is 0.128 e. The van der Waals surface area contributed by atoms with E-state index in [9.17, 15) is 0 Å². The fraction of sp³-hybridized carbons (Fsp3) is 0.467. The molecule has 0 atom stereocenters. The Labute approximate surface area is 120 Å². The number of aryl methyl sites for hydroxylation is 2. The van der Waals surface area contributed by atoms with Gasteiger partial charge < -0.3 is 10.1 Å². The van der Waals surface area contributed by atoms with Gasteiger partial charge in [0.1, 0.15) is 5.75 Å². The monoisotopic (exact) mass is 274 g/mol. The Balaban J connectivity index is 1.88. The van der Waals surface area contributed by atoms with Crippen LogP contribution in [0.25, 0.3) is 0 Å². The minimum Gasteiger partial charge on any atom is -0.496 e. The van der Waals surface area contributed by atoms with Crippen molar-refractivity contribution in [3.63, 3.8) is 0 Å². The summed E-state index contributed by atoms with van der Waals surface area (Å²) in [5.41, 5.74) is 4.32. The van der Waals surface area contributed by atoms with Crippen LogP contribution in [0.15, 0.2) is 18.5 Å². The zero-order valence-electron chi connectivity index (χ0n) is 12.6. The maximum absolute atomic E-state index is 5.41.